The van der Waals surface area contributed by atoms with Gasteiger partial charge >= 0.3 is 0 Å². The zero-order valence-corrected chi connectivity index (χ0v) is 15.0. The van der Waals surface area contributed by atoms with Gasteiger partial charge in [-0.25, -0.2) is 5.06 Å². The Hall–Kier alpha value is -2.91. The van der Waals surface area contributed by atoms with Crippen LogP contribution < -0.4 is 0 Å². The Morgan fingerprint density at radius 2 is 1.12 bits per heavy atom. The van der Waals surface area contributed by atoms with E-state index in [0.29, 0.717) is 5.84 Å². The lowest BCUT2D eigenvalue weighted by atomic mass is 9.70. The maximum atomic E-state index is 11.5. The zero-order chi connectivity index (χ0) is 18.2. The average Bonchev–Trinajstić information content (AvgIpc) is 2.90. The van der Waals surface area contributed by atoms with E-state index in [-0.39, 0.29) is 0 Å². The molecule has 1 aliphatic heterocycles. The fourth-order valence-electron chi connectivity index (χ4n) is 4.06. The molecule has 0 saturated carbocycles. The van der Waals surface area contributed by atoms with Crippen LogP contribution in [0.5, 0.6) is 0 Å². The van der Waals surface area contributed by atoms with Crippen molar-refractivity contribution >= 4 is 5.84 Å². The highest BCUT2D eigenvalue weighted by Crippen LogP contribution is 2.50. The number of amidine groups is 1. The molecular weight excluding hydrogens is 320 g/mol. The van der Waals surface area contributed by atoms with Crippen LogP contribution in [0.15, 0.2) is 96.0 Å². The van der Waals surface area contributed by atoms with Crippen molar-refractivity contribution in [3.05, 3.63) is 108 Å². The quantitative estimate of drug-likeness (QED) is 0.738. The van der Waals surface area contributed by atoms with Gasteiger partial charge < -0.3 is 0 Å². The van der Waals surface area contributed by atoms with E-state index in [2.05, 4.69) is 38.1 Å². The van der Waals surface area contributed by atoms with Crippen LogP contribution in [0.2, 0.25) is 0 Å². The van der Waals surface area contributed by atoms with Gasteiger partial charge in [0.15, 0.2) is 5.84 Å². The molecule has 4 rings (SSSR count). The van der Waals surface area contributed by atoms with Gasteiger partial charge in [0.25, 0.3) is 0 Å². The molecule has 3 heteroatoms. The van der Waals surface area contributed by atoms with Gasteiger partial charge in [-0.15, -0.1) is 0 Å². The van der Waals surface area contributed by atoms with Gasteiger partial charge in [0.1, 0.15) is 5.54 Å². The zero-order valence-electron chi connectivity index (χ0n) is 15.0. The number of rotatable bonds is 3. The molecule has 0 bridgehead atoms. The molecular formula is C23H22N2O. The van der Waals surface area contributed by atoms with Gasteiger partial charge in [-0.3, -0.25) is 10.2 Å². The Bertz CT molecular complexity index is 879. The van der Waals surface area contributed by atoms with Crippen LogP contribution in [-0.4, -0.2) is 21.6 Å². The van der Waals surface area contributed by atoms with Crippen molar-refractivity contribution in [3.63, 3.8) is 0 Å². The van der Waals surface area contributed by atoms with Crippen LogP contribution >= 0.6 is 0 Å². The molecule has 130 valence electrons. The lowest BCUT2D eigenvalue weighted by Gasteiger charge is -2.44. The monoisotopic (exact) mass is 342 g/mol. The molecule has 0 aliphatic carbocycles. The van der Waals surface area contributed by atoms with Crippen LogP contribution in [0.1, 0.15) is 30.5 Å². The summed E-state index contributed by atoms with van der Waals surface area (Å²) in [7, 11) is 0. The molecule has 0 fully saturated rings. The second-order valence-electron chi connectivity index (χ2n) is 7.11. The number of nitrogens with zero attached hydrogens (tertiary/aromatic N) is 2. The lowest BCUT2D eigenvalue weighted by molar-refractivity contribution is -0.101. The van der Waals surface area contributed by atoms with Crippen molar-refractivity contribution in [3.8, 4) is 0 Å². The van der Waals surface area contributed by atoms with E-state index in [0.717, 1.165) is 16.7 Å². The van der Waals surface area contributed by atoms with E-state index >= 15 is 0 Å². The highest BCUT2D eigenvalue weighted by molar-refractivity contribution is 6.01. The van der Waals surface area contributed by atoms with Gasteiger partial charge in [-0.2, -0.15) is 0 Å². The summed E-state index contributed by atoms with van der Waals surface area (Å²) >= 11 is 0. The first kappa shape index (κ1) is 16.6. The van der Waals surface area contributed by atoms with Gasteiger partial charge in [0, 0.05) is 5.56 Å². The topological polar surface area (TPSA) is 35.8 Å². The molecule has 0 amide bonds. The summed E-state index contributed by atoms with van der Waals surface area (Å²) in [6, 6.07) is 30.1. The fourth-order valence-corrected chi connectivity index (χ4v) is 4.06. The van der Waals surface area contributed by atoms with Crippen LogP contribution in [-0.2, 0) is 5.54 Å². The third-order valence-electron chi connectivity index (χ3n) is 5.20. The molecule has 0 atom stereocenters. The maximum Gasteiger partial charge on any atom is 0.157 e. The summed E-state index contributed by atoms with van der Waals surface area (Å²) in [5, 5.41) is 12.9. The second kappa shape index (κ2) is 6.11. The number of hydrogen-bond acceptors (Lipinski definition) is 3. The molecule has 0 saturated heterocycles. The van der Waals surface area contributed by atoms with E-state index < -0.39 is 11.1 Å². The summed E-state index contributed by atoms with van der Waals surface area (Å²) in [4.78, 5) is 4.97. The molecule has 1 aliphatic rings. The third kappa shape index (κ3) is 2.28. The summed E-state index contributed by atoms with van der Waals surface area (Å²) in [6.45, 7) is 4.15. The van der Waals surface area contributed by atoms with Crippen molar-refractivity contribution in [1.29, 1.82) is 0 Å². The van der Waals surface area contributed by atoms with E-state index in [1.165, 1.54) is 5.06 Å². The molecule has 3 aromatic carbocycles. The molecule has 26 heavy (non-hydrogen) atoms. The number of aliphatic imine (C=N–C) groups is 1. The van der Waals surface area contributed by atoms with E-state index in [1.807, 2.05) is 66.7 Å². The summed E-state index contributed by atoms with van der Waals surface area (Å²) in [6.07, 6.45) is 0. The van der Waals surface area contributed by atoms with Crippen LogP contribution in [0.3, 0.4) is 0 Å². The Balaban J connectivity index is 1.98. The minimum Gasteiger partial charge on any atom is -0.286 e. The highest BCUT2D eigenvalue weighted by Gasteiger charge is 2.58. The van der Waals surface area contributed by atoms with Crippen LogP contribution in [0, 0.1) is 0 Å². The van der Waals surface area contributed by atoms with Crippen molar-refractivity contribution in [2.24, 2.45) is 4.99 Å². The predicted octanol–water partition coefficient (Wildman–Crippen LogP) is 4.86. The number of benzene rings is 3. The first-order valence-corrected chi connectivity index (χ1v) is 8.83. The van der Waals surface area contributed by atoms with Crippen molar-refractivity contribution < 1.29 is 5.21 Å². The van der Waals surface area contributed by atoms with Crippen molar-refractivity contribution in [2.45, 2.75) is 24.9 Å². The Morgan fingerprint density at radius 1 is 0.692 bits per heavy atom. The molecule has 3 nitrogen and oxygen atoms in total. The molecule has 0 aromatic heterocycles. The Labute approximate surface area is 154 Å². The smallest absolute Gasteiger partial charge is 0.157 e. The van der Waals surface area contributed by atoms with Crippen molar-refractivity contribution in [2.75, 3.05) is 0 Å². The molecule has 0 spiro atoms. The first-order valence-electron chi connectivity index (χ1n) is 8.83. The average molecular weight is 342 g/mol. The maximum absolute atomic E-state index is 11.5. The molecule has 1 N–H and O–H groups in total. The molecule has 0 unspecified atom stereocenters. The normalized spacial score (nSPS) is 17.8. The summed E-state index contributed by atoms with van der Waals surface area (Å²) < 4.78 is 0. The largest absolute Gasteiger partial charge is 0.286 e. The van der Waals surface area contributed by atoms with Gasteiger partial charge in [0.05, 0.1) is 5.54 Å². The van der Waals surface area contributed by atoms with E-state index in [9.17, 15) is 5.21 Å². The standard InChI is InChI=1S/C23H22N2O/c1-22(2)23(19-14-8-4-9-15-19,20-16-10-5-11-17-20)25(26)21(24-22)18-12-6-3-7-13-18/h3-17,26H,1-2H3. The summed E-state index contributed by atoms with van der Waals surface area (Å²) in [5.41, 5.74) is 1.54. The molecule has 0 radical (unpaired) electrons. The molecule has 3 aromatic rings. The third-order valence-corrected chi connectivity index (χ3v) is 5.20. The SMILES string of the molecule is CC1(C)N=C(c2ccccc2)N(O)C1(c1ccccc1)c1ccccc1. The Kier molecular flexibility index (Phi) is 3.89. The van der Waals surface area contributed by atoms with Gasteiger partial charge in [-0.1, -0.05) is 91.0 Å². The summed E-state index contributed by atoms with van der Waals surface area (Å²) in [5.74, 6) is 0.586. The van der Waals surface area contributed by atoms with E-state index in [4.69, 9.17) is 4.99 Å². The predicted molar refractivity (Wildman–Crippen MR) is 104 cm³/mol. The highest BCUT2D eigenvalue weighted by atomic mass is 16.5. The van der Waals surface area contributed by atoms with Crippen LogP contribution in [0.4, 0.5) is 0 Å². The van der Waals surface area contributed by atoms with Gasteiger partial charge in [0.2, 0.25) is 0 Å². The Morgan fingerprint density at radius 3 is 1.58 bits per heavy atom. The second-order valence-corrected chi connectivity index (χ2v) is 7.11. The number of hydrogen-bond donors (Lipinski definition) is 1. The van der Waals surface area contributed by atoms with Gasteiger partial charge in [-0.05, 0) is 25.0 Å². The van der Waals surface area contributed by atoms with Crippen molar-refractivity contribution in [1.82, 2.24) is 5.06 Å². The fraction of sp³-hybridized carbons (Fsp3) is 0.174. The van der Waals surface area contributed by atoms with E-state index in [1.54, 1.807) is 0 Å². The minimum absolute atomic E-state index is 0.574. The minimum atomic E-state index is -0.805. The number of hydroxylamine groups is 2. The molecule has 1 heterocycles. The van der Waals surface area contributed by atoms with Crippen LogP contribution in [0.25, 0.3) is 0 Å². The first-order chi connectivity index (χ1) is 12.6. The lowest BCUT2D eigenvalue weighted by Crippen LogP contribution is -2.54.